The summed E-state index contributed by atoms with van der Waals surface area (Å²) in [4.78, 5) is 48.7. The molecule has 32 heavy (non-hydrogen) atoms. The number of amides is 1. The second-order valence-corrected chi connectivity index (χ2v) is 9.42. The number of Topliss-reactive ketones (excluding diaryl/α,β-unsaturated/α-hetero) is 3. The lowest BCUT2D eigenvalue weighted by molar-refractivity contribution is -0.149. The largest absolute Gasteiger partial charge is 0.396 e. The number of unbranched alkanes of at least 4 members (excludes halogenated alkanes) is 5. The predicted molar refractivity (Wildman–Crippen MR) is 124 cm³/mol. The molecule has 2 aliphatic carbocycles. The van der Waals surface area contributed by atoms with E-state index in [1.807, 2.05) is 26.0 Å². The fourth-order valence-electron chi connectivity index (χ4n) is 4.94. The van der Waals surface area contributed by atoms with Gasteiger partial charge in [-0.1, -0.05) is 37.1 Å². The number of hydrogen-bond acceptors (Lipinski definition) is 5. The summed E-state index contributed by atoms with van der Waals surface area (Å²) in [5.74, 6) is -2.57. The van der Waals surface area contributed by atoms with Crippen molar-refractivity contribution < 1.29 is 24.3 Å². The maximum Gasteiger partial charge on any atom is 0.264 e. The van der Waals surface area contributed by atoms with Gasteiger partial charge in [0.15, 0.2) is 0 Å². The number of nitrogens with one attached hydrogen (secondary N) is 1. The lowest BCUT2D eigenvalue weighted by Gasteiger charge is -2.19. The van der Waals surface area contributed by atoms with Gasteiger partial charge in [-0.05, 0) is 70.6 Å². The Balaban J connectivity index is 1.90. The van der Waals surface area contributed by atoms with Crippen LogP contribution in [0.25, 0.3) is 0 Å². The highest BCUT2D eigenvalue weighted by atomic mass is 16.3. The number of aliphatic hydroxyl groups excluding tert-OH is 1. The van der Waals surface area contributed by atoms with Gasteiger partial charge in [0, 0.05) is 30.9 Å². The Kier molecular flexibility index (Phi) is 11.0. The molecular weight excluding hydrogens is 406 g/mol. The van der Waals surface area contributed by atoms with Crippen molar-refractivity contribution in [2.75, 3.05) is 6.61 Å². The lowest BCUT2D eigenvalue weighted by Crippen LogP contribution is -2.38. The molecule has 6 heteroatoms. The summed E-state index contributed by atoms with van der Waals surface area (Å²) in [5.41, 5.74) is 0. The molecule has 0 saturated heterocycles. The highest BCUT2D eigenvalue weighted by molar-refractivity contribution is 6.65. The molecule has 0 spiro atoms. The van der Waals surface area contributed by atoms with Crippen LogP contribution in [0.15, 0.2) is 24.3 Å². The highest BCUT2D eigenvalue weighted by Crippen LogP contribution is 2.48. The summed E-state index contributed by atoms with van der Waals surface area (Å²) in [5, 5.41) is 11.7. The molecule has 2 aliphatic rings. The molecule has 0 aliphatic heterocycles. The topological polar surface area (TPSA) is 101 Å². The predicted octanol–water partition coefficient (Wildman–Crippen LogP) is 3.72. The molecule has 0 heterocycles. The smallest absolute Gasteiger partial charge is 0.264 e. The maximum absolute atomic E-state index is 12.4. The van der Waals surface area contributed by atoms with E-state index in [1.165, 1.54) is 0 Å². The van der Waals surface area contributed by atoms with Gasteiger partial charge in [-0.25, -0.2) is 0 Å². The molecule has 0 aromatic rings. The Labute approximate surface area is 191 Å². The van der Waals surface area contributed by atoms with Crippen molar-refractivity contribution in [3.8, 4) is 0 Å². The Bertz CT molecular complexity index is 724. The molecule has 4 atom stereocenters. The second kappa shape index (κ2) is 13.5. The molecule has 0 radical (unpaired) electrons. The first kappa shape index (κ1) is 26.2. The van der Waals surface area contributed by atoms with Crippen molar-refractivity contribution >= 4 is 23.3 Å². The molecule has 2 bridgehead atoms. The standard InChI is InChI=1S/C26H39NO5/c1-18(2)27-23(29)15-11-7-6-10-14-20-19(13-9-5-3-4-8-12-16-28)21-17-22(20)25(31)26(32)24(21)30/h6,9-10,13,18-22,28H,3-5,7-8,11-12,14-17H2,1-2H3,(H,27,29)/b10-6-,13-9?/t19?,20?,21-,22-/m1/s1. The van der Waals surface area contributed by atoms with Crippen molar-refractivity contribution in [3.63, 3.8) is 0 Å². The molecule has 0 aromatic heterocycles. The quantitative estimate of drug-likeness (QED) is 0.241. The van der Waals surface area contributed by atoms with Gasteiger partial charge in [-0.2, -0.15) is 0 Å². The third kappa shape index (κ3) is 7.51. The monoisotopic (exact) mass is 445 g/mol. The molecule has 178 valence electrons. The van der Waals surface area contributed by atoms with Gasteiger partial charge in [0.1, 0.15) is 0 Å². The normalized spacial score (nSPS) is 25.6. The van der Waals surface area contributed by atoms with Crippen molar-refractivity contribution in [3.05, 3.63) is 24.3 Å². The van der Waals surface area contributed by atoms with Crippen LogP contribution in [0.2, 0.25) is 0 Å². The summed E-state index contributed by atoms with van der Waals surface area (Å²) in [7, 11) is 0. The van der Waals surface area contributed by atoms with E-state index in [-0.39, 0.29) is 42.2 Å². The molecule has 1 amide bonds. The fourth-order valence-corrected chi connectivity index (χ4v) is 4.94. The molecule has 2 saturated carbocycles. The number of ketones is 3. The van der Waals surface area contributed by atoms with E-state index >= 15 is 0 Å². The van der Waals surface area contributed by atoms with E-state index < -0.39 is 17.3 Å². The minimum atomic E-state index is -0.809. The number of rotatable bonds is 14. The van der Waals surface area contributed by atoms with Crippen LogP contribution in [-0.4, -0.2) is 41.0 Å². The second-order valence-electron chi connectivity index (χ2n) is 9.42. The number of hydrogen-bond donors (Lipinski definition) is 2. The number of carbonyl (C=O) groups excluding carboxylic acids is 4. The van der Waals surface area contributed by atoms with Gasteiger partial charge >= 0.3 is 0 Å². The molecule has 2 N–H and O–H groups in total. The van der Waals surface area contributed by atoms with Gasteiger partial charge in [0.25, 0.3) is 5.78 Å². The van der Waals surface area contributed by atoms with Crippen LogP contribution < -0.4 is 5.32 Å². The third-order valence-electron chi connectivity index (χ3n) is 6.54. The van der Waals surface area contributed by atoms with Crippen LogP contribution >= 0.6 is 0 Å². The third-order valence-corrected chi connectivity index (χ3v) is 6.54. The molecule has 6 nitrogen and oxygen atoms in total. The number of fused-ring (bicyclic) bond motifs is 2. The van der Waals surface area contributed by atoms with E-state index in [4.69, 9.17) is 5.11 Å². The Hall–Kier alpha value is -2.08. The zero-order chi connectivity index (χ0) is 23.5. The van der Waals surface area contributed by atoms with Gasteiger partial charge in [-0.3, -0.25) is 19.2 Å². The average molecular weight is 446 g/mol. The first-order valence-electron chi connectivity index (χ1n) is 12.2. The van der Waals surface area contributed by atoms with E-state index in [1.54, 1.807) is 0 Å². The minimum Gasteiger partial charge on any atom is -0.396 e. The SMILES string of the molecule is CC(C)NC(=O)CCC/C=C\CC1C(C=CCCCCCCO)[C@H]2C[C@H]1C(=O)C(=O)C2=O. The minimum absolute atomic E-state index is 0.0194. The van der Waals surface area contributed by atoms with E-state index in [0.717, 1.165) is 44.9 Å². The van der Waals surface area contributed by atoms with Crippen molar-refractivity contribution in [1.29, 1.82) is 0 Å². The van der Waals surface area contributed by atoms with E-state index in [2.05, 4.69) is 17.5 Å². The van der Waals surface area contributed by atoms with Gasteiger partial charge in [0.2, 0.25) is 17.5 Å². The number of aliphatic hydroxyl groups is 1. The Morgan fingerprint density at radius 1 is 0.969 bits per heavy atom. The zero-order valence-electron chi connectivity index (χ0n) is 19.6. The summed E-state index contributed by atoms with van der Waals surface area (Å²) in [6.45, 7) is 4.11. The first-order valence-corrected chi connectivity index (χ1v) is 12.2. The van der Waals surface area contributed by atoms with Crippen molar-refractivity contribution in [2.45, 2.75) is 84.1 Å². The van der Waals surface area contributed by atoms with Gasteiger partial charge < -0.3 is 10.4 Å². The van der Waals surface area contributed by atoms with Crippen LogP contribution in [0.3, 0.4) is 0 Å². The number of allylic oxidation sites excluding steroid dienone is 4. The molecule has 2 rings (SSSR count). The van der Waals surface area contributed by atoms with Crippen LogP contribution in [0.4, 0.5) is 0 Å². The molecule has 2 fully saturated rings. The lowest BCUT2D eigenvalue weighted by atomic mass is 9.83. The Morgan fingerprint density at radius 2 is 1.66 bits per heavy atom. The van der Waals surface area contributed by atoms with Crippen LogP contribution in [-0.2, 0) is 19.2 Å². The van der Waals surface area contributed by atoms with Crippen molar-refractivity contribution in [1.82, 2.24) is 5.32 Å². The summed E-state index contributed by atoms with van der Waals surface area (Å²) < 4.78 is 0. The van der Waals surface area contributed by atoms with Crippen LogP contribution in [0.1, 0.15) is 78.1 Å². The van der Waals surface area contributed by atoms with Crippen molar-refractivity contribution in [2.24, 2.45) is 23.7 Å². The van der Waals surface area contributed by atoms with E-state index in [9.17, 15) is 19.2 Å². The first-order chi connectivity index (χ1) is 15.4. The highest BCUT2D eigenvalue weighted by Gasteiger charge is 2.55. The van der Waals surface area contributed by atoms with Crippen LogP contribution in [0, 0.1) is 23.7 Å². The van der Waals surface area contributed by atoms with Gasteiger partial charge in [0.05, 0.1) is 0 Å². The Morgan fingerprint density at radius 3 is 2.38 bits per heavy atom. The molecule has 0 aromatic carbocycles. The van der Waals surface area contributed by atoms with Gasteiger partial charge in [-0.15, -0.1) is 0 Å². The number of carbonyl (C=O) groups is 4. The molecular formula is C26H39NO5. The zero-order valence-corrected chi connectivity index (χ0v) is 19.6. The summed E-state index contributed by atoms with van der Waals surface area (Å²) >= 11 is 0. The van der Waals surface area contributed by atoms with E-state index in [0.29, 0.717) is 19.3 Å². The average Bonchev–Trinajstić information content (AvgIpc) is 3.08. The molecule has 2 unspecified atom stereocenters. The fraction of sp³-hybridized carbons (Fsp3) is 0.692. The maximum atomic E-state index is 12.4. The van der Waals surface area contributed by atoms with Crippen LogP contribution in [0.5, 0.6) is 0 Å². The summed E-state index contributed by atoms with van der Waals surface area (Å²) in [6, 6.07) is 0.147. The summed E-state index contributed by atoms with van der Waals surface area (Å²) in [6.07, 6.45) is 16.2.